The van der Waals surface area contributed by atoms with Gasteiger partial charge in [-0.25, -0.2) is 4.79 Å². The first-order chi connectivity index (χ1) is 15.1. The summed E-state index contributed by atoms with van der Waals surface area (Å²) in [6.45, 7) is 1.03. The molecule has 4 rings (SSSR count). The van der Waals surface area contributed by atoms with Gasteiger partial charge in [0, 0.05) is 30.8 Å². The van der Waals surface area contributed by atoms with Gasteiger partial charge in [0.1, 0.15) is 17.3 Å². The molecule has 0 fully saturated rings. The summed E-state index contributed by atoms with van der Waals surface area (Å²) in [5.74, 6) is 3.20. The Labute approximate surface area is 180 Å². The summed E-state index contributed by atoms with van der Waals surface area (Å²) in [4.78, 5) is 16.9. The highest BCUT2D eigenvalue weighted by atomic mass is 16.5. The zero-order valence-electron chi connectivity index (χ0n) is 18.0. The largest absolute Gasteiger partial charge is 0.497 e. The molecule has 1 aliphatic rings. The van der Waals surface area contributed by atoms with Crippen molar-refractivity contribution in [3.05, 3.63) is 58.0 Å². The van der Waals surface area contributed by atoms with Crippen molar-refractivity contribution in [1.29, 1.82) is 0 Å². The van der Waals surface area contributed by atoms with E-state index in [4.69, 9.17) is 18.9 Å². The molecular weight excluding hydrogens is 398 g/mol. The lowest BCUT2D eigenvalue weighted by Gasteiger charge is -2.23. The van der Waals surface area contributed by atoms with Crippen molar-refractivity contribution in [1.82, 2.24) is 9.55 Å². The Morgan fingerprint density at radius 2 is 1.58 bits per heavy atom. The molecule has 2 aromatic carbocycles. The number of nitrogens with zero attached hydrogens (tertiary/aromatic N) is 2. The fourth-order valence-corrected chi connectivity index (χ4v) is 3.80. The maximum absolute atomic E-state index is 12.7. The molecule has 2 heterocycles. The van der Waals surface area contributed by atoms with Crippen molar-refractivity contribution in [3.8, 4) is 34.3 Å². The molecule has 0 aliphatic carbocycles. The SMILES string of the molecule is COc1cc(CNc2cc3n(c(=O)n2)CCc2cc(OC)c(OC)cc2-3)cc(OC)c1. The zero-order chi connectivity index (χ0) is 22.0. The van der Waals surface area contributed by atoms with Crippen LogP contribution in [0, 0.1) is 0 Å². The molecule has 3 aromatic rings. The van der Waals surface area contributed by atoms with Crippen LogP contribution in [-0.4, -0.2) is 38.0 Å². The predicted octanol–water partition coefficient (Wildman–Crippen LogP) is 3.11. The molecule has 162 valence electrons. The number of methoxy groups -OCH3 is 4. The maximum atomic E-state index is 12.7. The van der Waals surface area contributed by atoms with Crippen molar-refractivity contribution in [2.24, 2.45) is 0 Å². The van der Waals surface area contributed by atoms with E-state index in [1.54, 1.807) is 33.0 Å². The maximum Gasteiger partial charge on any atom is 0.349 e. The summed E-state index contributed by atoms with van der Waals surface area (Å²) in [5, 5.41) is 3.24. The smallest absolute Gasteiger partial charge is 0.349 e. The van der Waals surface area contributed by atoms with Crippen LogP contribution in [0.5, 0.6) is 23.0 Å². The van der Waals surface area contributed by atoms with Crippen LogP contribution in [0.15, 0.2) is 41.2 Å². The zero-order valence-corrected chi connectivity index (χ0v) is 18.0. The summed E-state index contributed by atoms with van der Waals surface area (Å²) >= 11 is 0. The van der Waals surface area contributed by atoms with Gasteiger partial charge in [-0.05, 0) is 41.8 Å². The van der Waals surface area contributed by atoms with E-state index in [-0.39, 0.29) is 5.69 Å². The predicted molar refractivity (Wildman–Crippen MR) is 118 cm³/mol. The van der Waals surface area contributed by atoms with Crippen LogP contribution in [0.1, 0.15) is 11.1 Å². The molecule has 8 nitrogen and oxygen atoms in total. The third-order valence-electron chi connectivity index (χ3n) is 5.39. The first-order valence-electron chi connectivity index (χ1n) is 9.89. The number of nitrogens with one attached hydrogen (secondary N) is 1. The standard InChI is InChI=1S/C23H25N3O5/c1-28-16-7-14(8-17(10-16)29-2)13-24-22-12-19-18-11-21(31-4)20(30-3)9-15(18)5-6-26(19)23(27)25-22/h7-12H,5-6,13H2,1-4H3,(H,24,25,27). The number of aromatic nitrogens is 2. The second-order valence-corrected chi connectivity index (χ2v) is 7.15. The molecule has 0 saturated carbocycles. The lowest BCUT2D eigenvalue weighted by Crippen LogP contribution is -2.29. The fraction of sp³-hybridized carbons (Fsp3) is 0.304. The van der Waals surface area contributed by atoms with Crippen LogP contribution in [0.4, 0.5) is 5.82 Å². The Hall–Kier alpha value is -3.68. The van der Waals surface area contributed by atoms with Crippen molar-refractivity contribution in [2.75, 3.05) is 33.8 Å². The van der Waals surface area contributed by atoms with Crippen molar-refractivity contribution >= 4 is 5.82 Å². The quantitative estimate of drug-likeness (QED) is 0.625. The van der Waals surface area contributed by atoms with Crippen LogP contribution in [0.2, 0.25) is 0 Å². The van der Waals surface area contributed by atoms with E-state index < -0.39 is 0 Å². The third kappa shape index (κ3) is 4.01. The van der Waals surface area contributed by atoms with Crippen LogP contribution in [0.25, 0.3) is 11.3 Å². The molecule has 31 heavy (non-hydrogen) atoms. The minimum atomic E-state index is -0.288. The highest BCUT2D eigenvalue weighted by molar-refractivity contribution is 5.72. The average Bonchev–Trinajstić information content (AvgIpc) is 2.81. The second-order valence-electron chi connectivity index (χ2n) is 7.15. The molecule has 0 spiro atoms. The molecule has 0 unspecified atom stereocenters. The molecule has 1 N–H and O–H groups in total. The van der Waals surface area contributed by atoms with Gasteiger partial charge in [-0.1, -0.05) is 0 Å². The number of aryl methyl sites for hydroxylation is 1. The normalized spacial score (nSPS) is 11.9. The van der Waals surface area contributed by atoms with Crippen molar-refractivity contribution in [3.63, 3.8) is 0 Å². The molecule has 0 bridgehead atoms. The number of hydrogen-bond acceptors (Lipinski definition) is 7. The Balaban J connectivity index is 1.68. The molecule has 0 amide bonds. The lowest BCUT2D eigenvalue weighted by molar-refractivity contribution is 0.354. The fourth-order valence-electron chi connectivity index (χ4n) is 3.80. The van der Waals surface area contributed by atoms with Gasteiger partial charge in [0.25, 0.3) is 0 Å². The summed E-state index contributed by atoms with van der Waals surface area (Å²) in [6, 6.07) is 11.4. The highest BCUT2D eigenvalue weighted by Crippen LogP contribution is 2.38. The van der Waals surface area contributed by atoms with Gasteiger partial charge in [0.15, 0.2) is 11.5 Å². The summed E-state index contributed by atoms with van der Waals surface area (Å²) in [6.07, 6.45) is 0.723. The van der Waals surface area contributed by atoms with E-state index in [9.17, 15) is 4.79 Å². The van der Waals surface area contributed by atoms with Crippen LogP contribution in [-0.2, 0) is 19.5 Å². The average molecular weight is 423 g/mol. The highest BCUT2D eigenvalue weighted by Gasteiger charge is 2.21. The molecule has 0 saturated heterocycles. The van der Waals surface area contributed by atoms with Gasteiger partial charge in [-0.2, -0.15) is 4.98 Å². The first-order valence-corrected chi connectivity index (χ1v) is 9.89. The van der Waals surface area contributed by atoms with Gasteiger partial charge in [-0.3, -0.25) is 4.57 Å². The Bertz CT molecular complexity index is 1150. The number of fused-ring (bicyclic) bond motifs is 3. The van der Waals surface area contributed by atoms with Gasteiger partial charge >= 0.3 is 5.69 Å². The van der Waals surface area contributed by atoms with Crippen molar-refractivity contribution in [2.45, 2.75) is 19.5 Å². The Kier molecular flexibility index (Phi) is 5.70. The second kappa shape index (κ2) is 8.59. The number of ether oxygens (including phenoxy) is 4. The minimum absolute atomic E-state index is 0.288. The first kappa shape index (κ1) is 20.6. The topological polar surface area (TPSA) is 83.8 Å². The molecule has 1 aliphatic heterocycles. The van der Waals surface area contributed by atoms with Gasteiger partial charge in [-0.15, -0.1) is 0 Å². The van der Waals surface area contributed by atoms with Crippen LogP contribution in [0.3, 0.4) is 0 Å². The number of benzene rings is 2. The van der Waals surface area contributed by atoms with E-state index >= 15 is 0 Å². The van der Waals surface area contributed by atoms with Crippen LogP contribution >= 0.6 is 0 Å². The van der Waals surface area contributed by atoms with E-state index in [2.05, 4.69) is 10.3 Å². The summed E-state index contributed by atoms with van der Waals surface area (Å²) in [7, 11) is 6.43. The van der Waals surface area contributed by atoms with Gasteiger partial charge < -0.3 is 24.3 Å². The van der Waals surface area contributed by atoms with Gasteiger partial charge in [0.2, 0.25) is 0 Å². The van der Waals surface area contributed by atoms with Crippen molar-refractivity contribution < 1.29 is 18.9 Å². The van der Waals surface area contributed by atoms with E-state index in [1.165, 1.54) is 0 Å². The molecule has 0 atom stereocenters. The summed E-state index contributed by atoms with van der Waals surface area (Å²) < 4.78 is 23.2. The number of anilines is 1. The van der Waals surface area contributed by atoms with E-state index in [1.807, 2.05) is 36.4 Å². The Morgan fingerprint density at radius 3 is 2.23 bits per heavy atom. The van der Waals surface area contributed by atoms with Crippen LogP contribution < -0.4 is 30.0 Å². The summed E-state index contributed by atoms with van der Waals surface area (Å²) in [5.41, 5.74) is 3.50. The van der Waals surface area contributed by atoms with E-state index in [0.717, 1.165) is 28.8 Å². The Morgan fingerprint density at radius 1 is 0.903 bits per heavy atom. The third-order valence-corrected chi connectivity index (χ3v) is 5.39. The molecule has 1 aromatic heterocycles. The lowest BCUT2D eigenvalue weighted by atomic mass is 9.97. The molecule has 0 radical (unpaired) electrons. The van der Waals surface area contributed by atoms with E-state index in [0.29, 0.717) is 41.9 Å². The number of rotatable bonds is 7. The monoisotopic (exact) mass is 423 g/mol. The minimum Gasteiger partial charge on any atom is -0.497 e. The molecular formula is C23H25N3O5. The molecule has 8 heteroatoms. The van der Waals surface area contributed by atoms with Gasteiger partial charge in [0.05, 0.1) is 34.1 Å². The number of hydrogen-bond donors (Lipinski definition) is 1.